The van der Waals surface area contributed by atoms with E-state index in [1.165, 1.54) is 7.11 Å². The van der Waals surface area contributed by atoms with Crippen LogP contribution in [0.3, 0.4) is 0 Å². The number of aliphatic hydroxyl groups excluding tert-OH is 2. The SMILES string of the molecule is COC(=O)c1c(-c2ccc(OC)cc2)c2cc(OC)c(OC)cc2n1CCCO.COc1cc2c(-c3ccccc3)c(C#N)n(CCO)c2cc1OC. The van der Waals surface area contributed by atoms with Gasteiger partial charge in [0.25, 0.3) is 0 Å². The molecule has 4 aromatic carbocycles. The number of carbonyl (C=O) groups excluding carboxylic acids is 1. The van der Waals surface area contributed by atoms with E-state index in [4.69, 9.17) is 28.4 Å². The molecule has 0 spiro atoms. The highest BCUT2D eigenvalue weighted by Crippen LogP contribution is 2.43. The van der Waals surface area contributed by atoms with Gasteiger partial charge in [-0.3, -0.25) is 0 Å². The highest BCUT2D eigenvalue weighted by Gasteiger charge is 2.26. The number of ether oxygens (including phenoxy) is 6. The van der Waals surface area contributed by atoms with Crippen LogP contribution in [0.4, 0.5) is 0 Å². The highest BCUT2D eigenvalue weighted by atomic mass is 16.5. The Morgan fingerprint density at radius 1 is 0.642 bits per heavy atom. The van der Waals surface area contributed by atoms with Crippen molar-refractivity contribution in [2.45, 2.75) is 19.5 Å². The number of nitriles is 1. The lowest BCUT2D eigenvalue weighted by Gasteiger charge is -2.11. The number of hydrogen-bond donors (Lipinski definition) is 2. The maximum Gasteiger partial charge on any atom is 0.355 e. The summed E-state index contributed by atoms with van der Waals surface area (Å²) in [7, 11) is 9.26. The Morgan fingerprint density at radius 3 is 1.66 bits per heavy atom. The second-order valence-corrected chi connectivity index (χ2v) is 11.7. The van der Waals surface area contributed by atoms with Crippen LogP contribution in [0.5, 0.6) is 28.7 Å². The molecule has 0 saturated carbocycles. The molecular formula is C41H43N3O9. The van der Waals surface area contributed by atoms with Gasteiger partial charge in [-0.1, -0.05) is 42.5 Å². The first kappa shape index (κ1) is 38.1. The van der Waals surface area contributed by atoms with Gasteiger partial charge < -0.3 is 47.8 Å². The van der Waals surface area contributed by atoms with Crippen molar-refractivity contribution in [3.63, 3.8) is 0 Å². The minimum Gasteiger partial charge on any atom is -0.497 e. The standard InChI is InChI=1S/C22H25NO6.C19H18N2O3/c1-26-15-8-6-14(7-9-15)20-16-12-18(27-2)19(28-3)13-17(16)23(10-5-11-24)21(20)22(25)29-4;1-23-17-10-14-15(11-18(17)24-2)21(8-9-22)16(12-20)19(14)13-6-4-3-5-7-13/h6-9,12-13,24H,5,10-11H2,1-4H3;3-7,10-11,22H,8-9H2,1-2H3. The summed E-state index contributed by atoms with van der Waals surface area (Å²) in [6.07, 6.45) is 0.490. The van der Waals surface area contributed by atoms with Crippen molar-refractivity contribution in [1.29, 1.82) is 5.26 Å². The summed E-state index contributed by atoms with van der Waals surface area (Å²) < 4.78 is 35.8. The Balaban J connectivity index is 0.000000208. The normalized spacial score (nSPS) is 10.7. The number of nitrogens with zero attached hydrogens (tertiary/aromatic N) is 3. The van der Waals surface area contributed by atoms with Crippen molar-refractivity contribution in [3.8, 4) is 57.1 Å². The molecule has 0 amide bonds. The fourth-order valence-corrected chi connectivity index (χ4v) is 6.52. The molecule has 0 saturated heterocycles. The van der Waals surface area contributed by atoms with E-state index in [1.807, 2.05) is 88.0 Å². The molecule has 0 aliphatic rings. The summed E-state index contributed by atoms with van der Waals surface area (Å²) >= 11 is 0. The molecule has 53 heavy (non-hydrogen) atoms. The third-order valence-corrected chi connectivity index (χ3v) is 8.93. The lowest BCUT2D eigenvalue weighted by atomic mass is 10.0. The molecule has 0 radical (unpaired) electrons. The molecular weight excluding hydrogens is 678 g/mol. The molecule has 2 N–H and O–H groups in total. The van der Waals surface area contributed by atoms with Crippen LogP contribution < -0.4 is 23.7 Å². The average Bonchev–Trinajstić information content (AvgIpc) is 3.69. The van der Waals surface area contributed by atoms with E-state index < -0.39 is 5.97 Å². The average molecular weight is 722 g/mol. The summed E-state index contributed by atoms with van der Waals surface area (Å²) in [5.74, 6) is 2.57. The number of rotatable bonds is 13. The van der Waals surface area contributed by atoms with E-state index in [9.17, 15) is 20.3 Å². The Hall–Kier alpha value is -6.16. The molecule has 0 unspecified atom stereocenters. The molecule has 0 bridgehead atoms. The van der Waals surface area contributed by atoms with Gasteiger partial charge in [0, 0.05) is 53.7 Å². The Labute approximate surface area is 307 Å². The van der Waals surface area contributed by atoms with Crippen LogP contribution in [0.1, 0.15) is 22.6 Å². The van der Waals surface area contributed by atoms with E-state index in [2.05, 4.69) is 6.07 Å². The minimum absolute atomic E-state index is 0.00540. The topological polar surface area (TPSA) is 147 Å². The maximum atomic E-state index is 12.8. The van der Waals surface area contributed by atoms with Gasteiger partial charge in [0.2, 0.25) is 0 Å². The van der Waals surface area contributed by atoms with Crippen LogP contribution in [0.15, 0.2) is 78.9 Å². The Kier molecular flexibility index (Phi) is 12.5. The predicted octanol–water partition coefficient (Wildman–Crippen LogP) is 6.69. The molecule has 0 fully saturated rings. The monoisotopic (exact) mass is 721 g/mol. The second-order valence-electron chi connectivity index (χ2n) is 11.7. The fraction of sp³-hybridized carbons (Fsp3) is 0.268. The van der Waals surface area contributed by atoms with E-state index in [0.29, 0.717) is 53.9 Å². The molecule has 276 valence electrons. The lowest BCUT2D eigenvalue weighted by Crippen LogP contribution is -2.12. The largest absolute Gasteiger partial charge is 0.497 e. The maximum absolute atomic E-state index is 12.8. The van der Waals surface area contributed by atoms with Crippen LogP contribution in [0.2, 0.25) is 0 Å². The van der Waals surface area contributed by atoms with Gasteiger partial charge in [0.1, 0.15) is 23.2 Å². The number of aromatic nitrogens is 2. The smallest absolute Gasteiger partial charge is 0.355 e. The number of carbonyl (C=O) groups is 1. The van der Waals surface area contributed by atoms with Crippen molar-refractivity contribution in [2.24, 2.45) is 0 Å². The van der Waals surface area contributed by atoms with E-state index in [0.717, 1.165) is 49.8 Å². The number of esters is 1. The number of aliphatic hydroxyl groups is 2. The molecule has 6 aromatic rings. The molecule has 12 heteroatoms. The van der Waals surface area contributed by atoms with Crippen molar-refractivity contribution < 1.29 is 43.4 Å². The minimum atomic E-state index is -0.456. The zero-order valence-electron chi connectivity index (χ0n) is 30.6. The molecule has 0 aliphatic heterocycles. The molecule has 2 heterocycles. The summed E-state index contributed by atoms with van der Waals surface area (Å²) in [6, 6.07) is 26.9. The van der Waals surface area contributed by atoms with E-state index in [-0.39, 0.29) is 13.2 Å². The Bertz CT molecular complexity index is 2230. The third kappa shape index (κ3) is 7.44. The summed E-state index contributed by atoms with van der Waals surface area (Å²) in [5.41, 5.74) is 5.90. The van der Waals surface area contributed by atoms with Gasteiger partial charge >= 0.3 is 5.97 Å². The van der Waals surface area contributed by atoms with Crippen LogP contribution in [-0.2, 0) is 17.8 Å². The van der Waals surface area contributed by atoms with Gasteiger partial charge in [-0.15, -0.1) is 0 Å². The number of benzene rings is 4. The van der Waals surface area contributed by atoms with Gasteiger partial charge in [0.05, 0.1) is 60.3 Å². The first-order valence-electron chi connectivity index (χ1n) is 16.8. The summed E-state index contributed by atoms with van der Waals surface area (Å²) in [6.45, 7) is 0.733. The van der Waals surface area contributed by atoms with Gasteiger partial charge in [-0.2, -0.15) is 5.26 Å². The Morgan fingerprint density at radius 2 is 1.17 bits per heavy atom. The number of fused-ring (bicyclic) bond motifs is 2. The lowest BCUT2D eigenvalue weighted by molar-refractivity contribution is 0.0589. The molecule has 12 nitrogen and oxygen atoms in total. The van der Waals surface area contributed by atoms with Gasteiger partial charge in [-0.05, 0) is 41.8 Å². The highest BCUT2D eigenvalue weighted by molar-refractivity contribution is 6.09. The quantitative estimate of drug-likeness (QED) is 0.124. The molecule has 2 aromatic heterocycles. The van der Waals surface area contributed by atoms with Gasteiger partial charge in [0.15, 0.2) is 23.0 Å². The molecule has 6 rings (SSSR count). The predicted molar refractivity (Wildman–Crippen MR) is 202 cm³/mol. The van der Waals surface area contributed by atoms with E-state index >= 15 is 0 Å². The summed E-state index contributed by atoms with van der Waals surface area (Å²) in [5, 5.41) is 30.2. The van der Waals surface area contributed by atoms with Crippen molar-refractivity contribution in [2.75, 3.05) is 55.9 Å². The first-order chi connectivity index (χ1) is 25.8. The van der Waals surface area contributed by atoms with Crippen molar-refractivity contribution in [1.82, 2.24) is 9.13 Å². The molecule has 0 atom stereocenters. The van der Waals surface area contributed by atoms with Crippen molar-refractivity contribution >= 4 is 27.8 Å². The van der Waals surface area contributed by atoms with Crippen LogP contribution in [0, 0.1) is 11.3 Å². The number of hydrogen-bond acceptors (Lipinski definition) is 10. The van der Waals surface area contributed by atoms with Crippen LogP contribution in [-0.4, -0.2) is 81.2 Å². The van der Waals surface area contributed by atoms with Crippen LogP contribution >= 0.6 is 0 Å². The second kappa shape index (κ2) is 17.4. The van der Waals surface area contributed by atoms with Crippen LogP contribution in [0.25, 0.3) is 44.1 Å². The molecule has 0 aliphatic carbocycles. The number of aryl methyl sites for hydroxylation is 1. The zero-order valence-corrected chi connectivity index (χ0v) is 30.6. The fourth-order valence-electron chi connectivity index (χ4n) is 6.52. The first-order valence-corrected chi connectivity index (χ1v) is 16.8. The van der Waals surface area contributed by atoms with E-state index in [1.54, 1.807) is 35.5 Å². The zero-order chi connectivity index (χ0) is 38.1. The van der Waals surface area contributed by atoms with Gasteiger partial charge in [-0.25, -0.2) is 4.79 Å². The number of methoxy groups -OCH3 is 6. The summed E-state index contributed by atoms with van der Waals surface area (Å²) in [4.78, 5) is 12.8. The third-order valence-electron chi connectivity index (χ3n) is 8.93. The van der Waals surface area contributed by atoms with Crippen molar-refractivity contribution in [3.05, 3.63) is 90.3 Å².